The number of benzene rings is 1. The van der Waals surface area contributed by atoms with Gasteiger partial charge < -0.3 is 9.47 Å². The Bertz CT molecular complexity index is 500. The van der Waals surface area contributed by atoms with Crippen molar-refractivity contribution in [2.75, 3.05) is 6.61 Å². The molecule has 7 heteroatoms. The van der Waals surface area contributed by atoms with E-state index in [0.717, 1.165) is 0 Å². The minimum atomic E-state index is -3.16. The van der Waals surface area contributed by atoms with Crippen LogP contribution in [-0.2, 0) is 4.74 Å². The molecule has 18 heavy (non-hydrogen) atoms. The van der Waals surface area contributed by atoms with Gasteiger partial charge >= 0.3 is 12.6 Å². The molecular weight excluding hydrogens is 268 g/mol. The Morgan fingerprint density at radius 2 is 2.22 bits per heavy atom. The molecule has 0 aliphatic rings. The van der Waals surface area contributed by atoms with Crippen LogP contribution in [0.3, 0.4) is 0 Å². The van der Waals surface area contributed by atoms with Crippen LogP contribution < -0.4 is 4.74 Å². The molecule has 1 aromatic rings. The molecule has 0 amide bonds. The second-order valence-electron chi connectivity index (χ2n) is 3.01. The second-order valence-corrected chi connectivity index (χ2v) is 3.42. The summed E-state index contributed by atoms with van der Waals surface area (Å²) in [6.07, 6.45) is 0. The van der Waals surface area contributed by atoms with Crippen LogP contribution >= 0.6 is 11.6 Å². The van der Waals surface area contributed by atoms with Gasteiger partial charge in [0.15, 0.2) is 5.75 Å². The third kappa shape index (κ3) is 3.08. The van der Waals surface area contributed by atoms with Crippen LogP contribution in [0.4, 0.5) is 8.78 Å². The Morgan fingerprint density at radius 1 is 1.56 bits per heavy atom. The fraction of sp³-hybridized carbons (Fsp3) is 0.273. The molecule has 0 aliphatic heterocycles. The minimum absolute atomic E-state index is 0.0321. The van der Waals surface area contributed by atoms with E-state index in [0.29, 0.717) is 0 Å². The molecule has 0 unspecified atom stereocenters. The zero-order valence-electron chi connectivity index (χ0n) is 9.25. The molecule has 0 bridgehead atoms. The van der Waals surface area contributed by atoms with E-state index in [-0.39, 0.29) is 17.2 Å². The zero-order valence-corrected chi connectivity index (χ0v) is 10.0. The maximum Gasteiger partial charge on any atom is 0.387 e. The molecule has 0 saturated carbocycles. The molecule has 0 atom stereocenters. The normalized spacial score (nSPS) is 10.0. The summed E-state index contributed by atoms with van der Waals surface area (Å²) in [4.78, 5) is 11.6. The van der Waals surface area contributed by atoms with E-state index in [9.17, 15) is 13.6 Å². The van der Waals surface area contributed by atoms with Crippen molar-refractivity contribution >= 4 is 17.6 Å². The van der Waals surface area contributed by atoms with Crippen molar-refractivity contribution in [2.45, 2.75) is 13.5 Å². The molecule has 4 nitrogen and oxygen atoms in total. The van der Waals surface area contributed by atoms with Crippen molar-refractivity contribution in [1.82, 2.24) is 0 Å². The average Bonchev–Trinajstić information content (AvgIpc) is 2.31. The molecule has 0 aliphatic carbocycles. The van der Waals surface area contributed by atoms with E-state index in [1.54, 1.807) is 13.0 Å². The van der Waals surface area contributed by atoms with Gasteiger partial charge in [-0.1, -0.05) is 11.6 Å². The number of carbonyl (C=O) groups is 1. The summed E-state index contributed by atoms with van der Waals surface area (Å²) in [6.45, 7) is -1.59. The van der Waals surface area contributed by atoms with E-state index >= 15 is 0 Å². The van der Waals surface area contributed by atoms with Crippen molar-refractivity contribution in [2.24, 2.45) is 0 Å². The molecule has 1 aromatic carbocycles. The molecule has 0 radical (unpaired) electrons. The molecule has 0 heterocycles. The van der Waals surface area contributed by atoms with Crippen molar-refractivity contribution in [3.8, 4) is 11.8 Å². The number of ether oxygens (including phenoxy) is 2. The fourth-order valence-electron chi connectivity index (χ4n) is 1.26. The predicted octanol–water partition coefficient (Wildman–Crippen LogP) is 2.99. The SMILES string of the molecule is CCOC(=O)c1c(C#N)ccc(Cl)c1OC(F)F. The van der Waals surface area contributed by atoms with Gasteiger partial charge in [0.05, 0.1) is 17.2 Å². The lowest BCUT2D eigenvalue weighted by Crippen LogP contribution is -2.12. The van der Waals surface area contributed by atoms with E-state index in [2.05, 4.69) is 9.47 Å². The number of alkyl halides is 2. The van der Waals surface area contributed by atoms with Crippen molar-refractivity contribution in [3.05, 3.63) is 28.3 Å². The van der Waals surface area contributed by atoms with Gasteiger partial charge in [0.1, 0.15) is 11.6 Å². The maximum atomic E-state index is 12.2. The lowest BCUT2D eigenvalue weighted by atomic mass is 10.1. The summed E-state index contributed by atoms with van der Waals surface area (Å²) in [5.41, 5.74) is -0.541. The number of halogens is 3. The molecule has 96 valence electrons. The molecule has 0 spiro atoms. The second kappa shape index (κ2) is 6.17. The summed E-state index contributed by atoms with van der Waals surface area (Å²) >= 11 is 5.67. The molecule has 0 saturated heterocycles. The minimum Gasteiger partial charge on any atom is -0.462 e. The van der Waals surface area contributed by atoms with Crippen molar-refractivity contribution < 1.29 is 23.0 Å². The number of nitriles is 1. The Morgan fingerprint density at radius 3 is 2.72 bits per heavy atom. The number of rotatable bonds is 4. The topological polar surface area (TPSA) is 59.3 Å². The number of nitrogens with zero attached hydrogens (tertiary/aromatic N) is 1. The highest BCUT2D eigenvalue weighted by Gasteiger charge is 2.24. The Kier molecular flexibility index (Phi) is 4.86. The molecular formula is C11H8ClF2NO3. The van der Waals surface area contributed by atoms with Crippen LogP contribution in [0, 0.1) is 11.3 Å². The van der Waals surface area contributed by atoms with Gasteiger partial charge in [-0.05, 0) is 19.1 Å². The quantitative estimate of drug-likeness (QED) is 0.793. The third-order valence-electron chi connectivity index (χ3n) is 1.92. The van der Waals surface area contributed by atoms with E-state index < -0.39 is 23.9 Å². The first-order chi connectivity index (χ1) is 8.51. The highest BCUT2D eigenvalue weighted by Crippen LogP contribution is 2.33. The Hall–Kier alpha value is -1.87. The van der Waals surface area contributed by atoms with Crippen molar-refractivity contribution in [1.29, 1.82) is 5.26 Å². The monoisotopic (exact) mass is 275 g/mol. The first-order valence-electron chi connectivity index (χ1n) is 4.85. The van der Waals surface area contributed by atoms with E-state index in [1.807, 2.05) is 0 Å². The summed E-state index contributed by atoms with van der Waals surface area (Å²) in [6, 6.07) is 4.12. The van der Waals surface area contributed by atoms with Crippen LogP contribution in [0.1, 0.15) is 22.8 Å². The van der Waals surface area contributed by atoms with E-state index in [4.69, 9.17) is 16.9 Å². The zero-order chi connectivity index (χ0) is 13.7. The predicted molar refractivity (Wildman–Crippen MR) is 58.8 cm³/mol. The number of carbonyl (C=O) groups excluding carboxylic acids is 1. The number of esters is 1. The Balaban J connectivity index is 3.37. The third-order valence-corrected chi connectivity index (χ3v) is 2.21. The van der Waals surface area contributed by atoms with Gasteiger partial charge in [0.2, 0.25) is 0 Å². The highest BCUT2D eigenvalue weighted by molar-refractivity contribution is 6.32. The summed E-state index contributed by atoms with van der Waals surface area (Å²) in [5.74, 6) is -1.49. The number of hydrogen-bond acceptors (Lipinski definition) is 4. The lowest BCUT2D eigenvalue weighted by molar-refractivity contribution is -0.0504. The Labute approximate surface area is 107 Å². The molecule has 0 fully saturated rings. The largest absolute Gasteiger partial charge is 0.462 e. The molecule has 0 aromatic heterocycles. The summed E-state index contributed by atoms with van der Waals surface area (Å²) < 4.78 is 33.3. The number of hydrogen-bond donors (Lipinski definition) is 0. The van der Waals surface area contributed by atoms with Crippen LogP contribution in [-0.4, -0.2) is 19.2 Å². The average molecular weight is 276 g/mol. The van der Waals surface area contributed by atoms with Gasteiger partial charge in [-0.3, -0.25) is 0 Å². The summed E-state index contributed by atoms with van der Waals surface area (Å²) in [5, 5.41) is 8.64. The maximum absolute atomic E-state index is 12.2. The van der Waals surface area contributed by atoms with Gasteiger partial charge in [-0.2, -0.15) is 14.0 Å². The molecule has 0 N–H and O–H groups in total. The van der Waals surface area contributed by atoms with Crippen molar-refractivity contribution in [3.63, 3.8) is 0 Å². The molecule has 1 rings (SSSR count). The van der Waals surface area contributed by atoms with Gasteiger partial charge in [-0.15, -0.1) is 0 Å². The van der Waals surface area contributed by atoms with E-state index in [1.165, 1.54) is 12.1 Å². The fourth-order valence-corrected chi connectivity index (χ4v) is 1.46. The smallest absolute Gasteiger partial charge is 0.387 e. The van der Waals surface area contributed by atoms with Crippen LogP contribution in [0.25, 0.3) is 0 Å². The summed E-state index contributed by atoms with van der Waals surface area (Å²) in [7, 11) is 0. The first kappa shape index (κ1) is 14.2. The van der Waals surface area contributed by atoms with Gasteiger partial charge in [0.25, 0.3) is 0 Å². The van der Waals surface area contributed by atoms with Gasteiger partial charge in [0, 0.05) is 0 Å². The standard InChI is InChI=1S/C11H8ClF2NO3/c1-2-17-10(16)8-6(5-15)3-4-7(12)9(8)18-11(13)14/h3-4,11H,2H2,1H3. The first-order valence-corrected chi connectivity index (χ1v) is 5.23. The van der Waals surface area contributed by atoms with Crippen LogP contribution in [0.5, 0.6) is 5.75 Å². The van der Waals surface area contributed by atoms with Gasteiger partial charge in [-0.25, -0.2) is 4.79 Å². The highest BCUT2D eigenvalue weighted by atomic mass is 35.5. The van der Waals surface area contributed by atoms with Crippen LogP contribution in [0.15, 0.2) is 12.1 Å². The lowest BCUT2D eigenvalue weighted by Gasteiger charge is -2.12. The van der Waals surface area contributed by atoms with Crippen LogP contribution in [0.2, 0.25) is 5.02 Å².